The Hall–Kier alpha value is -2.95. The van der Waals surface area contributed by atoms with Gasteiger partial charge in [0.05, 0.1) is 12.2 Å². The zero-order chi connectivity index (χ0) is 16.8. The van der Waals surface area contributed by atoms with Gasteiger partial charge < -0.3 is 10.6 Å². The van der Waals surface area contributed by atoms with Gasteiger partial charge in [0.15, 0.2) is 0 Å². The summed E-state index contributed by atoms with van der Waals surface area (Å²) in [6.45, 7) is 4.73. The Morgan fingerprint density at radius 1 is 1.00 bits per heavy atom. The summed E-state index contributed by atoms with van der Waals surface area (Å²) >= 11 is 0. The molecule has 1 aromatic carbocycles. The number of rotatable bonds is 6. The fourth-order valence-electron chi connectivity index (χ4n) is 2.35. The van der Waals surface area contributed by atoms with Gasteiger partial charge in [0.2, 0.25) is 5.95 Å². The Bertz CT molecular complexity index is 785. The van der Waals surface area contributed by atoms with Crippen LogP contribution in [0, 0.1) is 6.92 Å². The van der Waals surface area contributed by atoms with Crippen LogP contribution in [-0.4, -0.2) is 15.0 Å². The van der Waals surface area contributed by atoms with Crippen LogP contribution in [0.5, 0.6) is 0 Å². The molecule has 5 heteroatoms. The van der Waals surface area contributed by atoms with Gasteiger partial charge in [-0.1, -0.05) is 25.1 Å². The molecule has 2 N–H and O–H groups in total. The number of pyridine rings is 1. The molecule has 0 saturated heterocycles. The minimum atomic E-state index is 0.586. The van der Waals surface area contributed by atoms with Crippen LogP contribution in [0.15, 0.2) is 54.7 Å². The van der Waals surface area contributed by atoms with E-state index >= 15 is 0 Å². The number of nitrogens with one attached hydrogen (secondary N) is 2. The first-order chi connectivity index (χ1) is 11.7. The second-order valence-corrected chi connectivity index (χ2v) is 5.57. The number of hydrogen-bond acceptors (Lipinski definition) is 5. The van der Waals surface area contributed by atoms with Gasteiger partial charge in [-0.05, 0) is 43.2 Å². The van der Waals surface area contributed by atoms with Crippen molar-refractivity contribution in [1.82, 2.24) is 15.0 Å². The molecule has 2 heterocycles. The van der Waals surface area contributed by atoms with Gasteiger partial charge in [0, 0.05) is 23.6 Å². The number of hydrogen-bond donors (Lipinski definition) is 2. The van der Waals surface area contributed by atoms with Gasteiger partial charge in [0.25, 0.3) is 0 Å². The van der Waals surface area contributed by atoms with E-state index in [2.05, 4.69) is 44.6 Å². The number of benzene rings is 1. The van der Waals surface area contributed by atoms with Gasteiger partial charge in [0.1, 0.15) is 5.82 Å². The van der Waals surface area contributed by atoms with E-state index in [0.29, 0.717) is 12.5 Å². The third-order valence-electron chi connectivity index (χ3n) is 3.65. The van der Waals surface area contributed by atoms with Crippen LogP contribution in [0.2, 0.25) is 0 Å². The van der Waals surface area contributed by atoms with Crippen molar-refractivity contribution in [2.75, 3.05) is 10.6 Å². The second-order valence-electron chi connectivity index (χ2n) is 5.57. The maximum atomic E-state index is 4.53. The lowest BCUT2D eigenvalue weighted by Gasteiger charge is -2.10. The average molecular weight is 319 g/mol. The Labute approximate surface area is 142 Å². The number of nitrogens with zero attached hydrogens (tertiary/aromatic N) is 3. The predicted octanol–water partition coefficient (Wildman–Crippen LogP) is 4.10. The van der Waals surface area contributed by atoms with Crippen LogP contribution in [0.1, 0.15) is 23.9 Å². The van der Waals surface area contributed by atoms with Crippen molar-refractivity contribution < 1.29 is 0 Å². The fourth-order valence-corrected chi connectivity index (χ4v) is 2.35. The van der Waals surface area contributed by atoms with Crippen LogP contribution in [0.3, 0.4) is 0 Å². The molecular formula is C19H21N5. The molecule has 0 atom stereocenters. The topological polar surface area (TPSA) is 62.7 Å². The molecule has 0 unspecified atom stereocenters. The van der Waals surface area contributed by atoms with Crippen LogP contribution in [0.4, 0.5) is 17.5 Å². The normalized spacial score (nSPS) is 10.4. The summed E-state index contributed by atoms with van der Waals surface area (Å²) in [5.41, 5.74) is 4.16. The molecule has 24 heavy (non-hydrogen) atoms. The summed E-state index contributed by atoms with van der Waals surface area (Å²) in [4.78, 5) is 13.3. The maximum Gasteiger partial charge on any atom is 0.229 e. The van der Waals surface area contributed by atoms with Crippen molar-refractivity contribution in [2.24, 2.45) is 0 Å². The average Bonchev–Trinajstić information content (AvgIpc) is 2.61. The van der Waals surface area contributed by atoms with Gasteiger partial charge in [-0.2, -0.15) is 4.98 Å². The van der Waals surface area contributed by atoms with E-state index in [1.807, 2.05) is 43.3 Å². The van der Waals surface area contributed by atoms with E-state index in [9.17, 15) is 0 Å². The highest BCUT2D eigenvalue weighted by atomic mass is 15.1. The SMILES string of the molecule is CCc1ccc(Nc2nc(C)cc(NCc3ccccn3)n2)cc1. The molecular weight excluding hydrogens is 298 g/mol. The summed E-state index contributed by atoms with van der Waals surface area (Å²) in [6, 6.07) is 16.1. The highest BCUT2D eigenvalue weighted by Gasteiger charge is 2.03. The number of aromatic nitrogens is 3. The molecule has 3 rings (SSSR count). The Kier molecular flexibility index (Phi) is 5.01. The van der Waals surface area contributed by atoms with Gasteiger partial charge in [-0.15, -0.1) is 0 Å². The molecule has 0 aliphatic heterocycles. The first-order valence-electron chi connectivity index (χ1n) is 8.08. The first-order valence-corrected chi connectivity index (χ1v) is 8.08. The molecule has 0 bridgehead atoms. The van der Waals surface area contributed by atoms with Crippen molar-refractivity contribution in [1.29, 1.82) is 0 Å². The summed E-state index contributed by atoms with van der Waals surface area (Å²) in [5, 5.41) is 6.55. The Balaban J connectivity index is 1.70. The Morgan fingerprint density at radius 3 is 2.54 bits per heavy atom. The smallest absolute Gasteiger partial charge is 0.229 e. The largest absolute Gasteiger partial charge is 0.364 e. The van der Waals surface area contributed by atoms with Crippen LogP contribution >= 0.6 is 0 Å². The lowest BCUT2D eigenvalue weighted by Crippen LogP contribution is -2.06. The third kappa shape index (κ3) is 4.29. The molecule has 5 nitrogen and oxygen atoms in total. The fraction of sp³-hybridized carbons (Fsp3) is 0.211. The number of aryl methyl sites for hydroxylation is 2. The minimum absolute atomic E-state index is 0.586. The summed E-state index contributed by atoms with van der Waals surface area (Å²) in [5.74, 6) is 1.36. The molecule has 0 saturated carbocycles. The first kappa shape index (κ1) is 15.9. The zero-order valence-corrected chi connectivity index (χ0v) is 14.0. The van der Waals surface area contributed by atoms with Crippen molar-refractivity contribution in [3.8, 4) is 0 Å². The lowest BCUT2D eigenvalue weighted by atomic mass is 10.1. The molecule has 0 spiro atoms. The molecule has 0 aliphatic rings. The summed E-state index contributed by atoms with van der Waals surface area (Å²) in [7, 11) is 0. The van der Waals surface area contributed by atoms with Crippen molar-refractivity contribution >= 4 is 17.5 Å². The predicted molar refractivity (Wildman–Crippen MR) is 97.4 cm³/mol. The van der Waals surface area contributed by atoms with E-state index in [4.69, 9.17) is 0 Å². The van der Waals surface area contributed by atoms with Gasteiger partial charge in [-0.3, -0.25) is 4.98 Å². The molecule has 122 valence electrons. The quantitative estimate of drug-likeness (QED) is 0.716. The van der Waals surface area contributed by atoms with Crippen LogP contribution < -0.4 is 10.6 Å². The van der Waals surface area contributed by atoms with E-state index in [1.165, 1.54) is 5.56 Å². The minimum Gasteiger partial charge on any atom is -0.364 e. The molecule has 0 aliphatic carbocycles. The lowest BCUT2D eigenvalue weighted by molar-refractivity contribution is 1.01. The third-order valence-corrected chi connectivity index (χ3v) is 3.65. The van der Waals surface area contributed by atoms with E-state index in [-0.39, 0.29) is 0 Å². The summed E-state index contributed by atoms with van der Waals surface area (Å²) < 4.78 is 0. The number of anilines is 3. The monoisotopic (exact) mass is 319 g/mol. The zero-order valence-electron chi connectivity index (χ0n) is 14.0. The van der Waals surface area contributed by atoms with Gasteiger partial charge in [-0.25, -0.2) is 4.98 Å². The molecule has 0 amide bonds. The molecule has 3 aromatic rings. The van der Waals surface area contributed by atoms with E-state index < -0.39 is 0 Å². The van der Waals surface area contributed by atoms with Crippen molar-refractivity contribution in [3.63, 3.8) is 0 Å². The highest BCUT2D eigenvalue weighted by molar-refractivity contribution is 5.55. The summed E-state index contributed by atoms with van der Waals surface area (Å²) in [6.07, 6.45) is 2.82. The standard InChI is InChI=1S/C19H21N5/c1-3-15-7-9-16(10-8-15)23-19-22-14(2)12-18(24-19)21-13-17-6-4-5-11-20-17/h4-12H,3,13H2,1-2H3,(H2,21,22,23,24). The molecule has 2 aromatic heterocycles. The van der Waals surface area contributed by atoms with Crippen molar-refractivity contribution in [3.05, 3.63) is 71.7 Å². The van der Waals surface area contributed by atoms with Crippen LogP contribution in [0.25, 0.3) is 0 Å². The van der Waals surface area contributed by atoms with E-state index in [0.717, 1.165) is 29.3 Å². The Morgan fingerprint density at radius 2 is 1.83 bits per heavy atom. The second kappa shape index (κ2) is 7.55. The van der Waals surface area contributed by atoms with Crippen molar-refractivity contribution in [2.45, 2.75) is 26.8 Å². The van der Waals surface area contributed by atoms with E-state index in [1.54, 1.807) is 6.20 Å². The van der Waals surface area contributed by atoms with Crippen LogP contribution in [-0.2, 0) is 13.0 Å². The molecule has 0 radical (unpaired) electrons. The highest BCUT2D eigenvalue weighted by Crippen LogP contribution is 2.17. The molecule has 0 fully saturated rings. The van der Waals surface area contributed by atoms with Gasteiger partial charge >= 0.3 is 0 Å². The maximum absolute atomic E-state index is 4.53.